The Labute approximate surface area is 160 Å². The van der Waals surface area contributed by atoms with Crippen LogP contribution in [-0.4, -0.2) is 23.1 Å². The molecule has 2 atom stereocenters. The molecule has 3 aromatic rings. The second-order valence-corrected chi connectivity index (χ2v) is 8.12. The molecule has 2 heterocycles. The van der Waals surface area contributed by atoms with Crippen molar-refractivity contribution in [1.29, 1.82) is 0 Å². The fourth-order valence-electron chi connectivity index (χ4n) is 4.43. The second-order valence-electron chi connectivity index (χ2n) is 8.12. The first-order valence-electron chi connectivity index (χ1n) is 9.82. The lowest BCUT2D eigenvalue weighted by molar-refractivity contribution is 0.353. The van der Waals surface area contributed by atoms with Crippen LogP contribution < -0.4 is 10.5 Å². The standard InChI is InChI=1S/C23H27N3O/c1-15-11-16(2)14-26(13-15)23-24-17(3)21(22(27)25-23)12-19-9-6-8-18-7-4-5-10-20(18)19/h4-10,15-16H,11-14H2,1-3H3,(H,24,25,27). The number of anilines is 1. The molecule has 0 radical (unpaired) electrons. The molecule has 1 aliphatic heterocycles. The van der Waals surface area contributed by atoms with Gasteiger partial charge in [-0.1, -0.05) is 56.3 Å². The van der Waals surface area contributed by atoms with Gasteiger partial charge < -0.3 is 4.90 Å². The van der Waals surface area contributed by atoms with Gasteiger partial charge in [-0.3, -0.25) is 9.78 Å². The summed E-state index contributed by atoms with van der Waals surface area (Å²) >= 11 is 0. The highest BCUT2D eigenvalue weighted by molar-refractivity contribution is 5.85. The normalized spacial score (nSPS) is 20.2. The van der Waals surface area contributed by atoms with Crippen LogP contribution in [0.3, 0.4) is 0 Å². The summed E-state index contributed by atoms with van der Waals surface area (Å²) in [4.78, 5) is 22.9. The fraction of sp³-hybridized carbons (Fsp3) is 0.391. The van der Waals surface area contributed by atoms with E-state index in [9.17, 15) is 4.79 Å². The van der Waals surface area contributed by atoms with E-state index in [-0.39, 0.29) is 5.56 Å². The molecule has 4 nitrogen and oxygen atoms in total. The van der Waals surface area contributed by atoms with E-state index in [1.54, 1.807) is 0 Å². The van der Waals surface area contributed by atoms with Gasteiger partial charge in [0.05, 0.1) is 5.69 Å². The van der Waals surface area contributed by atoms with Crippen LogP contribution in [0, 0.1) is 18.8 Å². The van der Waals surface area contributed by atoms with E-state index in [1.807, 2.05) is 19.1 Å². The van der Waals surface area contributed by atoms with Crippen LogP contribution in [0.2, 0.25) is 0 Å². The lowest BCUT2D eigenvalue weighted by atomic mass is 9.92. The van der Waals surface area contributed by atoms with Crippen LogP contribution in [0.4, 0.5) is 5.95 Å². The summed E-state index contributed by atoms with van der Waals surface area (Å²) in [5.41, 5.74) is 2.73. The van der Waals surface area contributed by atoms with Crippen LogP contribution in [0.5, 0.6) is 0 Å². The van der Waals surface area contributed by atoms with Gasteiger partial charge in [0.1, 0.15) is 0 Å². The average molecular weight is 361 g/mol. The molecule has 1 N–H and O–H groups in total. The number of fused-ring (bicyclic) bond motifs is 1. The number of piperidine rings is 1. The summed E-state index contributed by atoms with van der Waals surface area (Å²) in [5, 5.41) is 2.39. The van der Waals surface area contributed by atoms with Gasteiger partial charge in [-0.05, 0) is 41.5 Å². The van der Waals surface area contributed by atoms with Crippen molar-refractivity contribution >= 4 is 16.7 Å². The number of aromatic amines is 1. The third-order valence-corrected chi connectivity index (χ3v) is 5.63. The first kappa shape index (κ1) is 17.8. The molecule has 1 fully saturated rings. The summed E-state index contributed by atoms with van der Waals surface area (Å²) in [6, 6.07) is 14.6. The summed E-state index contributed by atoms with van der Waals surface area (Å²) in [6.07, 6.45) is 1.83. The van der Waals surface area contributed by atoms with Gasteiger partial charge in [0.25, 0.3) is 5.56 Å². The number of hydrogen-bond acceptors (Lipinski definition) is 3. The lowest BCUT2D eigenvalue weighted by Crippen LogP contribution is -2.40. The zero-order chi connectivity index (χ0) is 19.0. The molecule has 0 bridgehead atoms. The van der Waals surface area contributed by atoms with Crippen LogP contribution >= 0.6 is 0 Å². The predicted octanol–water partition coefficient (Wildman–Crippen LogP) is 4.30. The van der Waals surface area contributed by atoms with Crippen molar-refractivity contribution in [3.63, 3.8) is 0 Å². The Hall–Kier alpha value is -2.62. The molecule has 4 rings (SSSR count). The minimum Gasteiger partial charge on any atom is -0.342 e. The molecule has 1 aromatic heterocycles. The monoisotopic (exact) mass is 361 g/mol. The van der Waals surface area contributed by atoms with E-state index in [2.05, 4.69) is 54.1 Å². The number of rotatable bonds is 3. The Kier molecular flexibility index (Phi) is 4.73. The largest absolute Gasteiger partial charge is 0.342 e. The number of aryl methyl sites for hydroxylation is 1. The SMILES string of the molecule is Cc1nc(N2CC(C)CC(C)C2)[nH]c(=O)c1Cc1cccc2ccccc12. The number of benzene rings is 2. The topological polar surface area (TPSA) is 49.0 Å². The summed E-state index contributed by atoms with van der Waals surface area (Å²) < 4.78 is 0. The molecule has 0 saturated carbocycles. The maximum atomic E-state index is 12.9. The second kappa shape index (κ2) is 7.18. The highest BCUT2D eigenvalue weighted by atomic mass is 16.1. The number of aromatic nitrogens is 2. The van der Waals surface area contributed by atoms with Crippen molar-refractivity contribution in [2.45, 2.75) is 33.6 Å². The van der Waals surface area contributed by atoms with E-state index in [0.717, 1.165) is 35.9 Å². The predicted molar refractivity (Wildman–Crippen MR) is 112 cm³/mol. The van der Waals surface area contributed by atoms with Crippen LogP contribution in [0.1, 0.15) is 37.1 Å². The Morgan fingerprint density at radius 2 is 1.78 bits per heavy atom. The quantitative estimate of drug-likeness (QED) is 0.756. The van der Waals surface area contributed by atoms with Crippen molar-refractivity contribution in [2.24, 2.45) is 11.8 Å². The zero-order valence-corrected chi connectivity index (χ0v) is 16.3. The third-order valence-electron chi connectivity index (χ3n) is 5.63. The molecule has 0 aliphatic carbocycles. The van der Waals surface area contributed by atoms with Gasteiger partial charge in [0, 0.05) is 25.1 Å². The smallest absolute Gasteiger partial charge is 0.256 e. The fourth-order valence-corrected chi connectivity index (χ4v) is 4.43. The molecule has 140 valence electrons. The van der Waals surface area contributed by atoms with E-state index in [1.165, 1.54) is 17.2 Å². The number of H-pyrrole nitrogens is 1. The van der Waals surface area contributed by atoms with Gasteiger partial charge in [0.2, 0.25) is 5.95 Å². The molecule has 0 amide bonds. The van der Waals surface area contributed by atoms with Gasteiger partial charge in [-0.2, -0.15) is 0 Å². The minimum atomic E-state index is -0.0173. The van der Waals surface area contributed by atoms with Crippen LogP contribution in [0.15, 0.2) is 47.3 Å². The molecule has 2 aromatic carbocycles. The zero-order valence-electron chi connectivity index (χ0n) is 16.3. The van der Waals surface area contributed by atoms with Gasteiger partial charge in [-0.25, -0.2) is 4.98 Å². The number of nitrogens with one attached hydrogen (secondary N) is 1. The highest BCUT2D eigenvalue weighted by Gasteiger charge is 2.24. The highest BCUT2D eigenvalue weighted by Crippen LogP contribution is 2.25. The molecule has 1 saturated heterocycles. The van der Waals surface area contributed by atoms with E-state index in [0.29, 0.717) is 18.3 Å². The Balaban J connectivity index is 1.67. The maximum absolute atomic E-state index is 12.9. The van der Waals surface area contributed by atoms with Gasteiger partial charge in [-0.15, -0.1) is 0 Å². The van der Waals surface area contributed by atoms with Crippen LogP contribution in [-0.2, 0) is 6.42 Å². The van der Waals surface area contributed by atoms with Crippen molar-refractivity contribution in [3.05, 3.63) is 69.6 Å². The Morgan fingerprint density at radius 3 is 2.52 bits per heavy atom. The Morgan fingerprint density at radius 1 is 1.07 bits per heavy atom. The summed E-state index contributed by atoms with van der Waals surface area (Å²) in [5.74, 6) is 1.96. The molecule has 0 spiro atoms. The van der Waals surface area contributed by atoms with E-state index >= 15 is 0 Å². The van der Waals surface area contributed by atoms with E-state index in [4.69, 9.17) is 4.98 Å². The molecule has 27 heavy (non-hydrogen) atoms. The minimum absolute atomic E-state index is 0.0173. The van der Waals surface area contributed by atoms with Crippen molar-refractivity contribution in [1.82, 2.24) is 9.97 Å². The molecule has 2 unspecified atom stereocenters. The molecular formula is C23H27N3O. The first-order chi connectivity index (χ1) is 13.0. The molecule has 1 aliphatic rings. The van der Waals surface area contributed by atoms with Crippen molar-refractivity contribution in [3.8, 4) is 0 Å². The molecular weight excluding hydrogens is 334 g/mol. The number of hydrogen-bond donors (Lipinski definition) is 1. The van der Waals surface area contributed by atoms with E-state index < -0.39 is 0 Å². The summed E-state index contributed by atoms with van der Waals surface area (Å²) in [6.45, 7) is 8.39. The maximum Gasteiger partial charge on any atom is 0.256 e. The third kappa shape index (κ3) is 3.61. The average Bonchev–Trinajstić information content (AvgIpc) is 2.64. The van der Waals surface area contributed by atoms with Crippen LogP contribution in [0.25, 0.3) is 10.8 Å². The first-order valence-corrected chi connectivity index (χ1v) is 9.82. The lowest BCUT2D eigenvalue weighted by Gasteiger charge is -2.35. The van der Waals surface area contributed by atoms with Crippen molar-refractivity contribution in [2.75, 3.05) is 18.0 Å². The van der Waals surface area contributed by atoms with Gasteiger partial charge >= 0.3 is 0 Å². The Bertz CT molecular complexity index is 1010. The van der Waals surface area contributed by atoms with Gasteiger partial charge in [0.15, 0.2) is 0 Å². The molecule has 4 heteroatoms. The number of nitrogens with zero attached hydrogens (tertiary/aromatic N) is 2. The summed E-state index contributed by atoms with van der Waals surface area (Å²) in [7, 11) is 0. The van der Waals surface area contributed by atoms with Crippen molar-refractivity contribution < 1.29 is 0 Å².